The Kier molecular flexibility index (Phi) is 5.30. The summed E-state index contributed by atoms with van der Waals surface area (Å²) in [4.78, 5) is 26.3. The van der Waals surface area contributed by atoms with Crippen LogP contribution in [0.4, 0.5) is 11.4 Å². The van der Waals surface area contributed by atoms with Crippen LogP contribution in [0.5, 0.6) is 0 Å². The third-order valence-electron chi connectivity index (χ3n) is 4.24. The molecule has 0 aromatic heterocycles. The van der Waals surface area contributed by atoms with Crippen molar-refractivity contribution in [1.82, 2.24) is 0 Å². The molecular weight excluding hydrogens is 359 g/mol. The molecular formula is C19H18Cl2N2O2. The zero-order chi connectivity index (χ0) is 18.0. The van der Waals surface area contributed by atoms with Crippen molar-refractivity contribution in [3.8, 4) is 0 Å². The second-order valence-corrected chi connectivity index (χ2v) is 6.93. The van der Waals surface area contributed by atoms with Crippen LogP contribution >= 0.6 is 23.2 Å². The third kappa shape index (κ3) is 3.97. The van der Waals surface area contributed by atoms with Gasteiger partial charge in [-0.15, -0.1) is 0 Å². The van der Waals surface area contributed by atoms with E-state index >= 15 is 0 Å². The Morgan fingerprint density at radius 1 is 1.12 bits per heavy atom. The van der Waals surface area contributed by atoms with Gasteiger partial charge in [0.25, 0.3) is 5.91 Å². The predicted molar refractivity (Wildman–Crippen MR) is 102 cm³/mol. The number of hydrogen-bond acceptors (Lipinski definition) is 2. The average molecular weight is 377 g/mol. The highest BCUT2D eigenvalue weighted by molar-refractivity contribution is 6.37. The van der Waals surface area contributed by atoms with E-state index in [1.807, 2.05) is 24.0 Å². The summed E-state index contributed by atoms with van der Waals surface area (Å²) in [6, 6.07) is 10.3. The van der Waals surface area contributed by atoms with Crippen molar-refractivity contribution in [1.29, 1.82) is 0 Å². The van der Waals surface area contributed by atoms with E-state index < -0.39 is 0 Å². The fourth-order valence-electron chi connectivity index (χ4n) is 2.97. The van der Waals surface area contributed by atoms with Crippen LogP contribution in [-0.4, -0.2) is 18.4 Å². The van der Waals surface area contributed by atoms with Crippen molar-refractivity contribution < 1.29 is 9.59 Å². The number of carbonyl (C=O) groups is 2. The second-order valence-electron chi connectivity index (χ2n) is 6.08. The molecule has 0 spiro atoms. The quantitative estimate of drug-likeness (QED) is 0.812. The third-order valence-corrected chi connectivity index (χ3v) is 4.79. The number of nitrogens with zero attached hydrogens (tertiary/aromatic N) is 1. The normalized spacial score (nSPS) is 14.5. The molecule has 1 fully saturated rings. The lowest BCUT2D eigenvalue weighted by Gasteiger charge is -2.28. The minimum atomic E-state index is -0.303. The molecule has 1 aliphatic heterocycles. The van der Waals surface area contributed by atoms with Crippen molar-refractivity contribution in [3.05, 3.63) is 57.6 Å². The lowest BCUT2D eigenvalue weighted by atomic mass is 10.1. The highest BCUT2D eigenvalue weighted by Crippen LogP contribution is 2.28. The summed E-state index contributed by atoms with van der Waals surface area (Å²) in [5, 5.41) is 3.61. The monoisotopic (exact) mass is 376 g/mol. The summed E-state index contributed by atoms with van der Waals surface area (Å²) in [5.41, 5.74) is 2.85. The number of carbonyl (C=O) groups excluding carboxylic acids is 2. The summed E-state index contributed by atoms with van der Waals surface area (Å²) in [6.07, 6.45) is 2.55. The van der Waals surface area contributed by atoms with Crippen molar-refractivity contribution in [2.24, 2.45) is 0 Å². The number of aryl methyl sites for hydroxylation is 1. The van der Waals surface area contributed by atoms with Gasteiger partial charge in [0.2, 0.25) is 5.91 Å². The van der Waals surface area contributed by atoms with E-state index in [1.165, 1.54) is 6.07 Å². The summed E-state index contributed by atoms with van der Waals surface area (Å²) in [6.45, 7) is 2.67. The molecule has 25 heavy (non-hydrogen) atoms. The van der Waals surface area contributed by atoms with E-state index in [0.717, 1.165) is 30.6 Å². The first-order chi connectivity index (χ1) is 12.0. The molecule has 0 aliphatic carbocycles. The standard InChI is InChI=1S/C19H18Cl2N2O2/c1-12-10-14(6-8-17(12)23-9-3-2-4-18(23)24)22-19(25)15-7-5-13(20)11-16(15)21/h5-8,10-11H,2-4,9H2,1H3,(H,22,25). The van der Waals surface area contributed by atoms with Crippen LogP contribution in [0.25, 0.3) is 0 Å². The Hall–Kier alpha value is -2.04. The molecule has 0 radical (unpaired) electrons. The molecule has 1 aliphatic rings. The summed E-state index contributed by atoms with van der Waals surface area (Å²) in [5.74, 6) is -0.151. The molecule has 130 valence electrons. The molecule has 2 aromatic carbocycles. The summed E-state index contributed by atoms with van der Waals surface area (Å²) >= 11 is 11.9. The molecule has 0 unspecified atom stereocenters. The first-order valence-electron chi connectivity index (χ1n) is 8.13. The van der Waals surface area contributed by atoms with Crippen molar-refractivity contribution in [2.75, 3.05) is 16.8 Å². The Bertz CT molecular complexity index is 836. The maximum atomic E-state index is 12.4. The van der Waals surface area contributed by atoms with Gasteiger partial charge >= 0.3 is 0 Å². The second kappa shape index (κ2) is 7.46. The summed E-state index contributed by atoms with van der Waals surface area (Å²) in [7, 11) is 0. The number of nitrogens with one attached hydrogen (secondary N) is 1. The molecule has 0 bridgehead atoms. The highest BCUT2D eigenvalue weighted by atomic mass is 35.5. The number of rotatable bonds is 3. The maximum absolute atomic E-state index is 12.4. The Labute approximate surface area is 156 Å². The molecule has 0 saturated carbocycles. The van der Waals surface area contributed by atoms with Gasteiger partial charge in [0, 0.05) is 29.4 Å². The van der Waals surface area contributed by atoms with Gasteiger partial charge in [-0.05, 0) is 61.7 Å². The minimum Gasteiger partial charge on any atom is -0.322 e. The van der Waals surface area contributed by atoms with Crippen LogP contribution in [0.2, 0.25) is 10.0 Å². The molecule has 2 amide bonds. The number of piperidine rings is 1. The number of anilines is 2. The Morgan fingerprint density at radius 2 is 1.92 bits per heavy atom. The summed E-state index contributed by atoms with van der Waals surface area (Å²) < 4.78 is 0. The van der Waals surface area contributed by atoms with E-state index in [0.29, 0.717) is 27.7 Å². The van der Waals surface area contributed by atoms with Gasteiger partial charge in [0.15, 0.2) is 0 Å². The minimum absolute atomic E-state index is 0.152. The fraction of sp³-hybridized carbons (Fsp3) is 0.263. The zero-order valence-corrected chi connectivity index (χ0v) is 15.3. The first kappa shape index (κ1) is 17.8. The van der Waals surface area contributed by atoms with Gasteiger partial charge in [-0.3, -0.25) is 9.59 Å². The van der Waals surface area contributed by atoms with E-state index in [-0.39, 0.29) is 11.8 Å². The van der Waals surface area contributed by atoms with Gasteiger partial charge in [-0.25, -0.2) is 0 Å². The average Bonchev–Trinajstić information content (AvgIpc) is 2.56. The number of amides is 2. The van der Waals surface area contributed by atoms with Gasteiger partial charge in [0.05, 0.1) is 10.6 Å². The topological polar surface area (TPSA) is 49.4 Å². The van der Waals surface area contributed by atoms with Crippen LogP contribution < -0.4 is 10.2 Å². The molecule has 1 N–H and O–H groups in total. The van der Waals surface area contributed by atoms with Crippen molar-refractivity contribution in [3.63, 3.8) is 0 Å². The maximum Gasteiger partial charge on any atom is 0.257 e. The lowest BCUT2D eigenvalue weighted by Crippen LogP contribution is -2.35. The molecule has 6 heteroatoms. The van der Waals surface area contributed by atoms with Gasteiger partial charge in [0.1, 0.15) is 0 Å². The van der Waals surface area contributed by atoms with Crippen LogP contribution in [-0.2, 0) is 4.79 Å². The fourth-order valence-corrected chi connectivity index (χ4v) is 3.46. The van der Waals surface area contributed by atoms with Crippen LogP contribution in [0.3, 0.4) is 0 Å². The molecule has 1 saturated heterocycles. The molecule has 4 nitrogen and oxygen atoms in total. The molecule has 3 rings (SSSR count). The smallest absolute Gasteiger partial charge is 0.257 e. The Balaban J connectivity index is 1.78. The van der Waals surface area contributed by atoms with Gasteiger partial charge < -0.3 is 10.2 Å². The molecule has 1 heterocycles. The van der Waals surface area contributed by atoms with E-state index in [4.69, 9.17) is 23.2 Å². The van der Waals surface area contributed by atoms with Gasteiger partial charge in [-0.1, -0.05) is 23.2 Å². The number of halogens is 2. The number of hydrogen-bond donors (Lipinski definition) is 1. The Morgan fingerprint density at radius 3 is 2.60 bits per heavy atom. The number of benzene rings is 2. The molecule has 0 atom stereocenters. The first-order valence-corrected chi connectivity index (χ1v) is 8.89. The van der Waals surface area contributed by atoms with Crippen LogP contribution in [0, 0.1) is 6.92 Å². The van der Waals surface area contributed by atoms with E-state index in [1.54, 1.807) is 18.2 Å². The van der Waals surface area contributed by atoms with Gasteiger partial charge in [-0.2, -0.15) is 0 Å². The van der Waals surface area contributed by atoms with Crippen LogP contribution in [0.1, 0.15) is 35.2 Å². The largest absolute Gasteiger partial charge is 0.322 e. The lowest BCUT2D eigenvalue weighted by molar-refractivity contribution is -0.119. The SMILES string of the molecule is Cc1cc(NC(=O)c2ccc(Cl)cc2Cl)ccc1N1CCCCC1=O. The zero-order valence-electron chi connectivity index (χ0n) is 13.8. The molecule has 2 aromatic rings. The van der Waals surface area contributed by atoms with E-state index in [2.05, 4.69) is 5.32 Å². The van der Waals surface area contributed by atoms with Crippen LogP contribution in [0.15, 0.2) is 36.4 Å². The van der Waals surface area contributed by atoms with Crippen molar-refractivity contribution >= 4 is 46.4 Å². The van der Waals surface area contributed by atoms with Crippen molar-refractivity contribution in [2.45, 2.75) is 26.2 Å². The predicted octanol–water partition coefficient (Wildman–Crippen LogP) is 5.07. The van der Waals surface area contributed by atoms with E-state index in [9.17, 15) is 9.59 Å². The highest BCUT2D eigenvalue weighted by Gasteiger charge is 2.21.